The summed E-state index contributed by atoms with van der Waals surface area (Å²) in [6.45, 7) is 0. The first kappa shape index (κ1) is 21.0. The normalized spacial score (nSPS) is 11.2. The molecule has 1 heterocycles. The summed E-state index contributed by atoms with van der Waals surface area (Å²) in [7, 11) is 1.64. The van der Waals surface area contributed by atoms with Gasteiger partial charge in [-0.3, -0.25) is 4.79 Å². The second-order valence-corrected chi connectivity index (χ2v) is 8.77. The number of carbonyl (C=O) groups excluding carboxylic acids is 1. The molecule has 3 aromatic carbocycles. The van der Waals surface area contributed by atoms with Crippen molar-refractivity contribution in [2.75, 3.05) is 7.11 Å². The van der Waals surface area contributed by atoms with Crippen molar-refractivity contribution in [2.45, 2.75) is 10.1 Å². The summed E-state index contributed by atoms with van der Waals surface area (Å²) < 4.78 is 20.6. The first-order valence-electron chi connectivity index (χ1n) is 9.36. The number of benzene rings is 3. The number of amides is 1. The third-order valence-corrected chi connectivity index (χ3v) is 6.64. The van der Waals surface area contributed by atoms with Crippen molar-refractivity contribution in [1.29, 1.82) is 0 Å². The van der Waals surface area contributed by atoms with Crippen LogP contribution in [0, 0.1) is 5.82 Å². The first-order chi connectivity index (χ1) is 15.1. The van der Waals surface area contributed by atoms with Gasteiger partial charge in [-0.1, -0.05) is 23.9 Å². The highest BCUT2D eigenvalue weighted by molar-refractivity contribution is 8.00. The molecule has 0 bridgehead atoms. The highest BCUT2D eigenvalue weighted by Gasteiger charge is 2.09. The van der Waals surface area contributed by atoms with Gasteiger partial charge in [-0.2, -0.15) is 5.10 Å². The van der Waals surface area contributed by atoms with Crippen molar-refractivity contribution in [1.82, 2.24) is 10.4 Å². The van der Waals surface area contributed by atoms with Gasteiger partial charge in [0.25, 0.3) is 5.91 Å². The predicted octanol–water partition coefficient (Wildman–Crippen LogP) is 5.50. The molecule has 4 rings (SSSR count). The van der Waals surface area contributed by atoms with Crippen molar-refractivity contribution in [2.24, 2.45) is 5.10 Å². The summed E-state index contributed by atoms with van der Waals surface area (Å²) >= 11 is 3.31. The van der Waals surface area contributed by atoms with Gasteiger partial charge in [-0.15, -0.1) is 11.3 Å². The Morgan fingerprint density at radius 2 is 2.00 bits per heavy atom. The van der Waals surface area contributed by atoms with Gasteiger partial charge in [0.05, 0.1) is 23.5 Å². The molecule has 0 aliphatic heterocycles. The Labute approximate surface area is 187 Å². The van der Waals surface area contributed by atoms with Crippen LogP contribution in [0.3, 0.4) is 0 Å². The molecule has 31 heavy (non-hydrogen) atoms. The van der Waals surface area contributed by atoms with Crippen LogP contribution in [0.25, 0.3) is 10.2 Å². The zero-order chi connectivity index (χ0) is 21.6. The van der Waals surface area contributed by atoms with Crippen LogP contribution in [0.1, 0.15) is 21.5 Å². The third kappa shape index (κ3) is 5.28. The van der Waals surface area contributed by atoms with E-state index < -0.39 is 11.7 Å². The van der Waals surface area contributed by atoms with E-state index in [0.29, 0.717) is 11.3 Å². The van der Waals surface area contributed by atoms with Gasteiger partial charge in [-0.05, 0) is 60.2 Å². The van der Waals surface area contributed by atoms with Crippen LogP contribution < -0.4 is 10.2 Å². The lowest BCUT2D eigenvalue weighted by atomic mass is 10.1. The number of hydrazone groups is 1. The smallest absolute Gasteiger partial charge is 0.271 e. The molecule has 0 saturated carbocycles. The lowest BCUT2D eigenvalue weighted by Crippen LogP contribution is -2.17. The van der Waals surface area contributed by atoms with Crippen molar-refractivity contribution >= 4 is 45.4 Å². The maximum Gasteiger partial charge on any atom is 0.271 e. The number of thioether (sulfide) groups is 1. The summed E-state index contributed by atoms with van der Waals surface area (Å²) in [5, 5.41) is 4.01. The summed E-state index contributed by atoms with van der Waals surface area (Å²) in [6, 6.07) is 19.0. The fourth-order valence-electron chi connectivity index (χ4n) is 2.88. The van der Waals surface area contributed by atoms with E-state index in [1.54, 1.807) is 36.4 Å². The highest BCUT2D eigenvalue weighted by Crippen LogP contribution is 2.33. The molecule has 1 N–H and O–H groups in total. The second-order valence-electron chi connectivity index (χ2n) is 6.51. The van der Waals surface area contributed by atoms with E-state index in [9.17, 15) is 9.18 Å². The Morgan fingerprint density at radius 3 is 2.77 bits per heavy atom. The quantitative estimate of drug-likeness (QED) is 0.229. The fraction of sp³-hybridized carbons (Fsp3) is 0.0870. The SMILES string of the molecule is COc1ccc(/C=N/NC(=O)c2ccc(F)cc2)cc1CSc1nc2ccccc2s1. The third-order valence-electron chi connectivity index (χ3n) is 4.42. The summed E-state index contributed by atoms with van der Waals surface area (Å²) in [5.41, 5.74) is 5.61. The average Bonchev–Trinajstić information content (AvgIpc) is 3.21. The zero-order valence-corrected chi connectivity index (χ0v) is 18.2. The number of nitrogens with one attached hydrogen (secondary N) is 1. The number of fused-ring (bicyclic) bond motifs is 1. The molecule has 0 unspecified atom stereocenters. The molecule has 156 valence electrons. The van der Waals surface area contributed by atoms with Crippen LogP contribution in [-0.4, -0.2) is 24.2 Å². The predicted molar refractivity (Wildman–Crippen MR) is 124 cm³/mol. The number of halogens is 1. The van der Waals surface area contributed by atoms with Crippen LogP contribution in [0.15, 0.2) is 76.2 Å². The minimum Gasteiger partial charge on any atom is -0.496 e. The van der Waals surface area contributed by atoms with E-state index in [-0.39, 0.29) is 0 Å². The van der Waals surface area contributed by atoms with Crippen molar-refractivity contribution in [3.05, 3.63) is 89.2 Å². The lowest BCUT2D eigenvalue weighted by molar-refractivity contribution is 0.0955. The van der Waals surface area contributed by atoms with Crippen LogP contribution in [0.4, 0.5) is 4.39 Å². The Hall–Kier alpha value is -3.23. The maximum atomic E-state index is 13.0. The molecule has 0 radical (unpaired) electrons. The molecule has 0 aliphatic carbocycles. The standard InChI is InChI=1S/C23H18FN3O2S2/c1-29-20-11-6-15(13-25-27-22(28)16-7-9-18(24)10-8-16)12-17(20)14-30-23-26-19-4-2-3-5-21(19)31-23/h2-13H,14H2,1H3,(H,27,28)/b25-13+. The minimum absolute atomic E-state index is 0.334. The molecule has 1 aromatic heterocycles. The van der Waals surface area contributed by atoms with E-state index in [4.69, 9.17) is 4.74 Å². The molecular weight excluding hydrogens is 433 g/mol. The van der Waals surface area contributed by atoms with E-state index >= 15 is 0 Å². The number of para-hydroxylation sites is 1. The number of nitrogens with zero attached hydrogens (tertiary/aromatic N) is 2. The minimum atomic E-state index is -0.406. The van der Waals surface area contributed by atoms with E-state index in [1.807, 2.05) is 36.4 Å². The van der Waals surface area contributed by atoms with E-state index in [0.717, 1.165) is 31.4 Å². The van der Waals surface area contributed by atoms with E-state index in [2.05, 4.69) is 21.6 Å². The van der Waals surface area contributed by atoms with Crippen molar-refractivity contribution in [3.8, 4) is 5.75 Å². The van der Waals surface area contributed by atoms with Gasteiger partial charge >= 0.3 is 0 Å². The summed E-state index contributed by atoms with van der Waals surface area (Å²) in [6.07, 6.45) is 1.56. The molecule has 8 heteroatoms. The Bertz CT molecular complexity index is 1210. The number of hydrogen-bond donors (Lipinski definition) is 1. The Balaban J connectivity index is 1.43. The molecule has 0 fully saturated rings. The zero-order valence-electron chi connectivity index (χ0n) is 16.5. The lowest BCUT2D eigenvalue weighted by Gasteiger charge is -2.08. The molecular formula is C23H18FN3O2S2. The molecule has 0 spiro atoms. The first-order valence-corrected chi connectivity index (χ1v) is 11.2. The number of thiazole rings is 1. The Kier molecular flexibility index (Phi) is 6.59. The molecule has 5 nitrogen and oxygen atoms in total. The van der Waals surface area contributed by atoms with Crippen LogP contribution in [-0.2, 0) is 5.75 Å². The van der Waals surface area contributed by atoms with Crippen LogP contribution in [0.5, 0.6) is 5.75 Å². The van der Waals surface area contributed by atoms with E-state index in [1.165, 1.54) is 24.3 Å². The fourth-order valence-corrected chi connectivity index (χ4v) is 4.92. The van der Waals surface area contributed by atoms with Gasteiger partial charge in [0.1, 0.15) is 11.6 Å². The average molecular weight is 452 g/mol. The highest BCUT2D eigenvalue weighted by atomic mass is 32.2. The van der Waals surface area contributed by atoms with Crippen molar-refractivity contribution in [3.63, 3.8) is 0 Å². The van der Waals surface area contributed by atoms with Crippen LogP contribution in [0.2, 0.25) is 0 Å². The molecule has 0 aliphatic rings. The number of hydrogen-bond acceptors (Lipinski definition) is 6. The number of aromatic nitrogens is 1. The Morgan fingerprint density at radius 1 is 1.19 bits per heavy atom. The van der Waals surface area contributed by atoms with Crippen LogP contribution >= 0.6 is 23.1 Å². The number of rotatable bonds is 7. The number of ether oxygens (including phenoxy) is 1. The van der Waals surface area contributed by atoms with Gasteiger partial charge in [-0.25, -0.2) is 14.8 Å². The summed E-state index contributed by atoms with van der Waals surface area (Å²) in [4.78, 5) is 16.7. The molecule has 1 amide bonds. The number of carbonyl (C=O) groups is 1. The second kappa shape index (κ2) is 9.72. The molecule has 0 atom stereocenters. The molecule has 4 aromatic rings. The summed E-state index contributed by atoms with van der Waals surface area (Å²) in [5.74, 6) is 0.666. The topological polar surface area (TPSA) is 63.6 Å². The van der Waals surface area contributed by atoms with Gasteiger partial charge in [0.15, 0.2) is 4.34 Å². The molecule has 0 saturated heterocycles. The number of methoxy groups -OCH3 is 1. The monoisotopic (exact) mass is 451 g/mol. The van der Waals surface area contributed by atoms with Gasteiger partial charge in [0.2, 0.25) is 0 Å². The van der Waals surface area contributed by atoms with Gasteiger partial charge < -0.3 is 4.74 Å². The largest absolute Gasteiger partial charge is 0.496 e. The maximum absolute atomic E-state index is 13.0. The van der Waals surface area contributed by atoms with Gasteiger partial charge in [0, 0.05) is 16.9 Å². The van der Waals surface area contributed by atoms with Crippen molar-refractivity contribution < 1.29 is 13.9 Å².